The summed E-state index contributed by atoms with van der Waals surface area (Å²) in [5.74, 6) is 0.711. The molecule has 6 nitrogen and oxygen atoms in total. The van der Waals surface area contributed by atoms with Crippen LogP contribution < -0.4 is 0 Å². The molecule has 0 aliphatic carbocycles. The van der Waals surface area contributed by atoms with Crippen molar-refractivity contribution in [2.24, 2.45) is 0 Å². The number of amides is 1. The number of benzene rings is 1. The fraction of sp³-hybridized carbons (Fsp3) is 0.250. The SMILES string of the molecule is O=C(O)N1CCC(c2nc(-c3ccc(F)cc3)c(-c3ccncc3)[nH]2)CC1. The van der Waals surface area contributed by atoms with Crippen molar-refractivity contribution in [1.82, 2.24) is 19.9 Å². The third-order valence-electron chi connectivity index (χ3n) is 4.96. The molecular formula is C20H19FN4O2. The minimum absolute atomic E-state index is 0.162. The summed E-state index contributed by atoms with van der Waals surface area (Å²) < 4.78 is 13.3. The van der Waals surface area contributed by atoms with E-state index in [-0.39, 0.29) is 11.7 Å². The number of imidazole rings is 1. The largest absolute Gasteiger partial charge is 0.465 e. The monoisotopic (exact) mass is 366 g/mol. The van der Waals surface area contributed by atoms with Gasteiger partial charge in [-0.1, -0.05) is 0 Å². The minimum Gasteiger partial charge on any atom is -0.465 e. The lowest BCUT2D eigenvalue weighted by molar-refractivity contribution is 0.131. The van der Waals surface area contributed by atoms with Gasteiger partial charge in [-0.25, -0.2) is 14.2 Å². The van der Waals surface area contributed by atoms with E-state index in [1.54, 1.807) is 24.5 Å². The average molecular weight is 366 g/mol. The zero-order valence-electron chi connectivity index (χ0n) is 14.6. The first-order valence-electron chi connectivity index (χ1n) is 8.86. The number of hydrogen-bond acceptors (Lipinski definition) is 3. The van der Waals surface area contributed by atoms with Crippen molar-refractivity contribution in [3.05, 3.63) is 60.4 Å². The predicted octanol–water partition coefficient (Wildman–Crippen LogP) is 4.14. The number of halogens is 1. The maximum Gasteiger partial charge on any atom is 0.407 e. The molecule has 0 spiro atoms. The Labute approximate surface area is 155 Å². The van der Waals surface area contributed by atoms with Crippen LogP contribution in [0.5, 0.6) is 0 Å². The van der Waals surface area contributed by atoms with Gasteiger partial charge in [0.2, 0.25) is 0 Å². The second-order valence-electron chi connectivity index (χ2n) is 6.63. The van der Waals surface area contributed by atoms with E-state index in [9.17, 15) is 9.18 Å². The van der Waals surface area contributed by atoms with Gasteiger partial charge in [-0.2, -0.15) is 0 Å². The van der Waals surface area contributed by atoms with Gasteiger partial charge in [0.15, 0.2) is 0 Å². The maximum absolute atomic E-state index is 13.3. The van der Waals surface area contributed by atoms with E-state index in [1.165, 1.54) is 17.0 Å². The van der Waals surface area contributed by atoms with Gasteiger partial charge in [0.1, 0.15) is 11.6 Å². The number of carbonyl (C=O) groups is 1. The lowest BCUT2D eigenvalue weighted by Gasteiger charge is -2.28. The zero-order chi connectivity index (χ0) is 18.8. The molecule has 2 N–H and O–H groups in total. The van der Waals surface area contributed by atoms with Gasteiger partial charge < -0.3 is 15.0 Å². The van der Waals surface area contributed by atoms with Crippen LogP contribution in [0.25, 0.3) is 22.5 Å². The van der Waals surface area contributed by atoms with Crippen molar-refractivity contribution < 1.29 is 14.3 Å². The summed E-state index contributed by atoms with van der Waals surface area (Å²) in [6.07, 6.45) is 4.00. The molecule has 1 saturated heterocycles. The molecule has 3 aromatic rings. The van der Waals surface area contributed by atoms with Gasteiger partial charge in [0.25, 0.3) is 0 Å². The molecule has 1 aliphatic rings. The van der Waals surface area contributed by atoms with E-state index in [0.29, 0.717) is 13.1 Å². The highest BCUT2D eigenvalue weighted by atomic mass is 19.1. The number of aromatic nitrogens is 3. The Hall–Kier alpha value is -3.22. The first kappa shape index (κ1) is 17.2. The Balaban J connectivity index is 1.70. The second-order valence-corrected chi connectivity index (χ2v) is 6.63. The molecule has 0 atom stereocenters. The van der Waals surface area contributed by atoms with E-state index in [2.05, 4.69) is 9.97 Å². The van der Waals surface area contributed by atoms with Gasteiger partial charge in [-0.15, -0.1) is 0 Å². The van der Waals surface area contributed by atoms with Gasteiger partial charge in [-0.3, -0.25) is 4.98 Å². The van der Waals surface area contributed by atoms with Gasteiger partial charge >= 0.3 is 6.09 Å². The molecule has 2 aromatic heterocycles. The van der Waals surface area contributed by atoms with Gasteiger partial charge in [0, 0.05) is 42.5 Å². The van der Waals surface area contributed by atoms with E-state index in [0.717, 1.165) is 41.2 Å². The Bertz CT molecular complexity index is 932. The third kappa shape index (κ3) is 3.53. The smallest absolute Gasteiger partial charge is 0.407 e. The van der Waals surface area contributed by atoms with Crippen molar-refractivity contribution in [2.45, 2.75) is 18.8 Å². The number of H-pyrrole nitrogens is 1. The summed E-state index contributed by atoms with van der Waals surface area (Å²) in [6.45, 7) is 0.994. The lowest BCUT2D eigenvalue weighted by atomic mass is 9.96. The van der Waals surface area contributed by atoms with Crippen LogP contribution in [0.1, 0.15) is 24.6 Å². The number of aromatic amines is 1. The minimum atomic E-state index is -0.877. The van der Waals surface area contributed by atoms with Crippen LogP contribution in [-0.2, 0) is 0 Å². The summed E-state index contributed by atoms with van der Waals surface area (Å²) >= 11 is 0. The van der Waals surface area contributed by atoms with E-state index < -0.39 is 6.09 Å². The maximum atomic E-state index is 13.3. The molecular weight excluding hydrogens is 347 g/mol. The number of rotatable bonds is 3. The van der Waals surface area contributed by atoms with E-state index in [1.807, 2.05) is 12.1 Å². The number of nitrogens with one attached hydrogen (secondary N) is 1. The highest BCUT2D eigenvalue weighted by Crippen LogP contribution is 2.34. The van der Waals surface area contributed by atoms with Crippen LogP contribution in [0, 0.1) is 5.82 Å². The Kier molecular flexibility index (Phi) is 4.58. The molecule has 27 heavy (non-hydrogen) atoms. The summed E-state index contributed by atoms with van der Waals surface area (Å²) in [5.41, 5.74) is 3.40. The first-order chi connectivity index (χ1) is 13.1. The summed E-state index contributed by atoms with van der Waals surface area (Å²) in [7, 11) is 0. The van der Waals surface area contributed by atoms with Crippen molar-refractivity contribution in [3.8, 4) is 22.5 Å². The standard InChI is InChI=1S/C20H19FN4O2/c21-16-3-1-13(2-4-16)17-18(14-5-9-22-10-6-14)24-19(23-17)15-7-11-25(12-8-15)20(26)27/h1-6,9-10,15H,7-8,11-12H2,(H,23,24)(H,26,27). The number of piperidine rings is 1. The number of pyridine rings is 1. The molecule has 3 heterocycles. The predicted molar refractivity (Wildman–Crippen MR) is 98.8 cm³/mol. The summed E-state index contributed by atoms with van der Waals surface area (Å²) in [4.78, 5) is 24.9. The summed E-state index contributed by atoms with van der Waals surface area (Å²) in [6, 6.07) is 10.1. The third-order valence-corrected chi connectivity index (χ3v) is 4.96. The fourth-order valence-electron chi connectivity index (χ4n) is 3.47. The van der Waals surface area contributed by atoms with Crippen LogP contribution in [-0.4, -0.2) is 44.1 Å². The highest BCUT2D eigenvalue weighted by Gasteiger charge is 2.27. The number of carboxylic acid groups (broad SMARTS) is 1. The molecule has 1 aliphatic heterocycles. The van der Waals surface area contributed by atoms with Crippen LogP contribution in [0.2, 0.25) is 0 Å². The normalized spacial score (nSPS) is 15.1. The second kappa shape index (κ2) is 7.19. The van der Waals surface area contributed by atoms with E-state index >= 15 is 0 Å². The number of nitrogens with zero attached hydrogens (tertiary/aromatic N) is 3. The van der Waals surface area contributed by atoms with Crippen molar-refractivity contribution in [1.29, 1.82) is 0 Å². The molecule has 0 radical (unpaired) electrons. The Morgan fingerprint density at radius 2 is 1.74 bits per heavy atom. The molecule has 0 bridgehead atoms. The van der Waals surface area contributed by atoms with E-state index in [4.69, 9.17) is 10.1 Å². The quantitative estimate of drug-likeness (QED) is 0.730. The Morgan fingerprint density at radius 1 is 1.07 bits per heavy atom. The molecule has 1 amide bonds. The molecule has 4 rings (SSSR count). The summed E-state index contributed by atoms with van der Waals surface area (Å²) in [5, 5.41) is 9.13. The molecule has 1 fully saturated rings. The first-order valence-corrected chi connectivity index (χ1v) is 8.86. The highest BCUT2D eigenvalue weighted by molar-refractivity contribution is 5.78. The van der Waals surface area contributed by atoms with Crippen LogP contribution in [0.3, 0.4) is 0 Å². The topological polar surface area (TPSA) is 82.1 Å². The number of likely N-dealkylation sites (tertiary alicyclic amines) is 1. The molecule has 0 saturated carbocycles. The fourth-order valence-corrected chi connectivity index (χ4v) is 3.47. The lowest BCUT2D eigenvalue weighted by Crippen LogP contribution is -2.37. The van der Waals surface area contributed by atoms with Crippen molar-refractivity contribution in [3.63, 3.8) is 0 Å². The van der Waals surface area contributed by atoms with Gasteiger partial charge in [-0.05, 0) is 49.2 Å². The van der Waals surface area contributed by atoms with Gasteiger partial charge in [0.05, 0.1) is 11.4 Å². The van der Waals surface area contributed by atoms with Crippen molar-refractivity contribution in [2.75, 3.05) is 13.1 Å². The number of hydrogen-bond donors (Lipinski definition) is 2. The Morgan fingerprint density at radius 3 is 2.37 bits per heavy atom. The zero-order valence-corrected chi connectivity index (χ0v) is 14.6. The average Bonchev–Trinajstić information content (AvgIpc) is 3.15. The van der Waals surface area contributed by atoms with Crippen LogP contribution in [0.4, 0.5) is 9.18 Å². The van der Waals surface area contributed by atoms with Crippen LogP contribution in [0.15, 0.2) is 48.8 Å². The molecule has 1 aromatic carbocycles. The molecule has 0 unspecified atom stereocenters. The van der Waals surface area contributed by atoms with Crippen LogP contribution >= 0.6 is 0 Å². The molecule has 7 heteroatoms. The molecule has 138 valence electrons. The van der Waals surface area contributed by atoms with Crippen molar-refractivity contribution >= 4 is 6.09 Å².